The highest BCUT2D eigenvalue weighted by Gasteiger charge is 2.22. The van der Waals surface area contributed by atoms with E-state index in [4.69, 9.17) is 5.73 Å². The van der Waals surface area contributed by atoms with Crippen molar-refractivity contribution in [3.8, 4) is 0 Å². The first kappa shape index (κ1) is 12.9. The van der Waals surface area contributed by atoms with Gasteiger partial charge in [-0.15, -0.1) is 10.2 Å². The molecule has 2 atom stereocenters. The first-order valence-corrected chi connectivity index (χ1v) is 7.94. The summed E-state index contributed by atoms with van der Waals surface area (Å²) in [6, 6.07) is 6.26. The number of fused-ring (bicyclic) bond motifs is 1. The molecule has 2 N–H and O–H groups in total. The normalized spacial score (nSPS) is 25.1. The molecular weight excluding hydrogens is 256 g/mol. The van der Waals surface area contributed by atoms with Crippen molar-refractivity contribution >= 4 is 17.4 Å². The minimum absolute atomic E-state index is 0.279. The van der Waals surface area contributed by atoms with Crippen LogP contribution in [-0.4, -0.2) is 25.9 Å². The lowest BCUT2D eigenvalue weighted by Gasteiger charge is -2.24. The van der Waals surface area contributed by atoms with Gasteiger partial charge >= 0.3 is 0 Å². The van der Waals surface area contributed by atoms with Gasteiger partial charge in [-0.25, -0.2) is 0 Å². The van der Waals surface area contributed by atoms with E-state index in [2.05, 4.69) is 14.6 Å². The maximum atomic E-state index is 6.33. The van der Waals surface area contributed by atoms with Gasteiger partial charge in [-0.2, -0.15) is 0 Å². The van der Waals surface area contributed by atoms with E-state index in [1.807, 2.05) is 24.4 Å². The summed E-state index contributed by atoms with van der Waals surface area (Å²) >= 11 is 1.80. The van der Waals surface area contributed by atoms with Crippen LogP contribution in [0.15, 0.2) is 29.6 Å². The third-order valence-electron chi connectivity index (χ3n) is 3.79. The number of nitrogens with zero attached hydrogens (tertiary/aromatic N) is 3. The fourth-order valence-corrected chi connectivity index (χ4v) is 3.88. The van der Waals surface area contributed by atoms with Crippen LogP contribution < -0.4 is 5.73 Å². The number of hydrogen-bond donors (Lipinski definition) is 1. The fraction of sp³-hybridized carbons (Fsp3) is 0.571. The summed E-state index contributed by atoms with van der Waals surface area (Å²) in [7, 11) is 0. The molecule has 0 bridgehead atoms. The van der Waals surface area contributed by atoms with E-state index in [9.17, 15) is 0 Å². The molecule has 102 valence electrons. The molecule has 1 fully saturated rings. The van der Waals surface area contributed by atoms with Gasteiger partial charge in [0.25, 0.3) is 0 Å². The van der Waals surface area contributed by atoms with Gasteiger partial charge in [0.1, 0.15) is 0 Å². The zero-order chi connectivity index (χ0) is 13.1. The van der Waals surface area contributed by atoms with E-state index in [1.54, 1.807) is 11.8 Å². The standard InChI is InChI=1S/C14H20N4S/c15-11-7-3-1-2-4-8-12(11)19-14-17-16-13-9-5-6-10-18(13)14/h5-6,9-12H,1-4,7-8,15H2. The van der Waals surface area contributed by atoms with E-state index >= 15 is 0 Å². The van der Waals surface area contributed by atoms with Crippen molar-refractivity contribution in [3.63, 3.8) is 0 Å². The van der Waals surface area contributed by atoms with Crippen molar-refractivity contribution in [2.45, 2.75) is 55.0 Å². The summed E-state index contributed by atoms with van der Waals surface area (Å²) in [6.07, 6.45) is 9.55. The molecule has 0 radical (unpaired) electrons. The van der Waals surface area contributed by atoms with Crippen LogP contribution in [0.1, 0.15) is 38.5 Å². The van der Waals surface area contributed by atoms with Gasteiger partial charge in [0.2, 0.25) is 0 Å². The molecule has 19 heavy (non-hydrogen) atoms. The number of rotatable bonds is 2. The van der Waals surface area contributed by atoms with E-state index in [1.165, 1.54) is 32.1 Å². The molecule has 1 saturated carbocycles. The molecule has 5 heteroatoms. The first-order valence-electron chi connectivity index (χ1n) is 7.06. The van der Waals surface area contributed by atoms with Crippen LogP contribution in [0.5, 0.6) is 0 Å². The largest absolute Gasteiger partial charge is 0.327 e. The summed E-state index contributed by atoms with van der Waals surface area (Å²) in [5.74, 6) is 0. The van der Waals surface area contributed by atoms with Crippen molar-refractivity contribution in [1.82, 2.24) is 14.6 Å². The first-order chi connectivity index (χ1) is 9.34. The second-order valence-corrected chi connectivity index (χ2v) is 6.43. The number of aromatic nitrogens is 3. The Hall–Kier alpha value is -1.07. The molecule has 2 aromatic heterocycles. The van der Waals surface area contributed by atoms with Crippen LogP contribution in [0.4, 0.5) is 0 Å². The summed E-state index contributed by atoms with van der Waals surface area (Å²) in [5, 5.41) is 9.94. The second-order valence-electron chi connectivity index (χ2n) is 5.22. The Morgan fingerprint density at radius 1 is 1.11 bits per heavy atom. The van der Waals surface area contributed by atoms with Gasteiger partial charge < -0.3 is 5.73 Å². The Labute approximate surface area is 117 Å². The lowest BCUT2D eigenvalue weighted by atomic mass is 9.97. The summed E-state index contributed by atoms with van der Waals surface area (Å²) < 4.78 is 2.05. The van der Waals surface area contributed by atoms with Gasteiger partial charge in [0.15, 0.2) is 10.8 Å². The van der Waals surface area contributed by atoms with Gasteiger partial charge in [-0.1, -0.05) is 43.5 Å². The van der Waals surface area contributed by atoms with Crippen molar-refractivity contribution in [1.29, 1.82) is 0 Å². The number of pyridine rings is 1. The molecule has 0 amide bonds. The topological polar surface area (TPSA) is 56.2 Å². The predicted molar refractivity (Wildman–Crippen MR) is 78.3 cm³/mol. The number of nitrogens with two attached hydrogens (primary N) is 1. The number of hydrogen-bond acceptors (Lipinski definition) is 4. The van der Waals surface area contributed by atoms with Crippen LogP contribution >= 0.6 is 11.8 Å². The quantitative estimate of drug-likeness (QED) is 0.916. The third-order valence-corrected chi connectivity index (χ3v) is 5.17. The van der Waals surface area contributed by atoms with Crippen LogP contribution in [0.3, 0.4) is 0 Å². The van der Waals surface area contributed by atoms with Crippen LogP contribution in [0.25, 0.3) is 5.65 Å². The lowest BCUT2D eigenvalue weighted by molar-refractivity contribution is 0.463. The Morgan fingerprint density at radius 3 is 2.84 bits per heavy atom. The van der Waals surface area contributed by atoms with E-state index < -0.39 is 0 Å². The summed E-state index contributed by atoms with van der Waals surface area (Å²) in [6.45, 7) is 0. The average molecular weight is 276 g/mol. The Balaban J connectivity index is 1.78. The molecular formula is C14H20N4S. The Morgan fingerprint density at radius 2 is 1.95 bits per heavy atom. The minimum atomic E-state index is 0.279. The smallest absolute Gasteiger partial charge is 0.195 e. The average Bonchev–Trinajstić information content (AvgIpc) is 2.82. The monoisotopic (exact) mass is 276 g/mol. The van der Waals surface area contributed by atoms with Gasteiger partial charge in [0.05, 0.1) is 0 Å². The molecule has 1 aliphatic rings. The van der Waals surface area contributed by atoms with Crippen LogP contribution in [-0.2, 0) is 0 Å². The SMILES string of the molecule is NC1CCCCCCC1Sc1nnc2ccccn12. The Kier molecular flexibility index (Phi) is 4.03. The zero-order valence-electron chi connectivity index (χ0n) is 11.0. The zero-order valence-corrected chi connectivity index (χ0v) is 11.9. The molecule has 4 nitrogen and oxygen atoms in total. The van der Waals surface area contributed by atoms with E-state index in [0.29, 0.717) is 5.25 Å². The Bertz CT molecular complexity index is 539. The van der Waals surface area contributed by atoms with E-state index in [-0.39, 0.29) is 6.04 Å². The fourth-order valence-electron chi connectivity index (χ4n) is 2.66. The van der Waals surface area contributed by atoms with Gasteiger partial charge in [0, 0.05) is 17.5 Å². The van der Waals surface area contributed by atoms with Crippen LogP contribution in [0, 0.1) is 0 Å². The highest BCUT2D eigenvalue weighted by Crippen LogP contribution is 2.30. The summed E-state index contributed by atoms with van der Waals surface area (Å²) in [4.78, 5) is 0. The molecule has 0 aromatic carbocycles. The third kappa shape index (κ3) is 2.92. The highest BCUT2D eigenvalue weighted by atomic mass is 32.2. The molecule has 2 aromatic rings. The second kappa shape index (κ2) is 5.92. The molecule has 0 aliphatic heterocycles. The van der Waals surface area contributed by atoms with Crippen molar-refractivity contribution in [2.75, 3.05) is 0 Å². The minimum Gasteiger partial charge on any atom is -0.327 e. The van der Waals surface area contributed by atoms with Crippen LogP contribution in [0.2, 0.25) is 0 Å². The molecule has 0 saturated heterocycles. The van der Waals surface area contributed by atoms with Gasteiger partial charge in [-0.3, -0.25) is 4.40 Å². The molecule has 3 rings (SSSR count). The summed E-state index contributed by atoms with van der Waals surface area (Å²) in [5.41, 5.74) is 7.24. The van der Waals surface area contributed by atoms with Crippen molar-refractivity contribution in [2.24, 2.45) is 5.73 Å². The number of thioether (sulfide) groups is 1. The highest BCUT2D eigenvalue weighted by molar-refractivity contribution is 7.99. The van der Waals surface area contributed by atoms with Crippen molar-refractivity contribution in [3.05, 3.63) is 24.4 Å². The van der Waals surface area contributed by atoms with Crippen molar-refractivity contribution < 1.29 is 0 Å². The molecule has 0 spiro atoms. The maximum Gasteiger partial charge on any atom is 0.195 e. The van der Waals surface area contributed by atoms with E-state index in [0.717, 1.165) is 17.2 Å². The predicted octanol–water partition coefficient (Wildman–Crippen LogP) is 2.87. The molecule has 2 unspecified atom stereocenters. The van der Waals surface area contributed by atoms with Gasteiger partial charge in [-0.05, 0) is 25.0 Å². The lowest BCUT2D eigenvalue weighted by Crippen LogP contribution is -2.33. The molecule has 2 heterocycles. The maximum absolute atomic E-state index is 6.33. The molecule has 1 aliphatic carbocycles.